The molecule has 3 N–H and O–H groups in total. The minimum atomic E-state index is -1.43. The number of hydrogen-bond acceptors (Lipinski definition) is 2. The van der Waals surface area contributed by atoms with Crippen LogP contribution in [-0.2, 0) is 0 Å². The molecule has 0 heterocycles. The Balaban J connectivity index is 2.13. The minimum absolute atomic E-state index is 0.107. The third-order valence-electron chi connectivity index (χ3n) is 4.19. The van der Waals surface area contributed by atoms with Gasteiger partial charge in [-0.25, -0.2) is 13.2 Å². The summed E-state index contributed by atoms with van der Waals surface area (Å²) in [6, 6.07) is 1.74. The monoisotopic (exact) mass is 286 g/mol. The van der Waals surface area contributed by atoms with Crippen LogP contribution in [0.5, 0.6) is 0 Å². The van der Waals surface area contributed by atoms with Crippen LogP contribution in [0.4, 0.5) is 13.2 Å². The molecule has 0 amide bonds. The predicted molar refractivity (Wildman–Crippen MR) is 72.2 cm³/mol. The number of rotatable bonds is 4. The molecular weight excluding hydrogens is 265 g/mol. The smallest absolute Gasteiger partial charge is 0.194 e. The second-order valence-electron chi connectivity index (χ2n) is 5.58. The van der Waals surface area contributed by atoms with Crippen LogP contribution >= 0.6 is 0 Å². The summed E-state index contributed by atoms with van der Waals surface area (Å²) >= 11 is 0. The van der Waals surface area contributed by atoms with Crippen molar-refractivity contribution < 1.29 is 13.2 Å². The molecule has 112 valence electrons. The fourth-order valence-corrected chi connectivity index (χ4v) is 3.03. The highest BCUT2D eigenvalue weighted by Gasteiger charge is 2.23. The fraction of sp³-hybridized carbons (Fsp3) is 0.600. The van der Waals surface area contributed by atoms with Crippen molar-refractivity contribution in [3.05, 3.63) is 35.1 Å². The van der Waals surface area contributed by atoms with E-state index in [0.717, 1.165) is 18.9 Å². The van der Waals surface area contributed by atoms with Crippen molar-refractivity contribution in [1.82, 2.24) is 5.43 Å². The fourth-order valence-electron chi connectivity index (χ4n) is 3.03. The molecule has 1 fully saturated rings. The zero-order valence-corrected chi connectivity index (χ0v) is 11.5. The van der Waals surface area contributed by atoms with Crippen molar-refractivity contribution in [1.29, 1.82) is 0 Å². The largest absolute Gasteiger partial charge is 0.271 e. The number of hydrogen-bond donors (Lipinski definition) is 2. The van der Waals surface area contributed by atoms with Gasteiger partial charge in [0, 0.05) is 11.6 Å². The van der Waals surface area contributed by atoms with E-state index in [9.17, 15) is 13.2 Å². The van der Waals surface area contributed by atoms with Crippen molar-refractivity contribution in [2.75, 3.05) is 0 Å². The molecule has 1 aliphatic rings. The molecule has 0 aliphatic heterocycles. The Morgan fingerprint density at radius 3 is 2.30 bits per heavy atom. The van der Waals surface area contributed by atoms with Gasteiger partial charge < -0.3 is 0 Å². The highest BCUT2D eigenvalue weighted by atomic mass is 19.2. The molecule has 5 heteroatoms. The van der Waals surface area contributed by atoms with E-state index in [2.05, 4.69) is 5.43 Å². The minimum Gasteiger partial charge on any atom is -0.271 e. The molecule has 20 heavy (non-hydrogen) atoms. The topological polar surface area (TPSA) is 38.0 Å². The second kappa shape index (κ2) is 7.09. The van der Waals surface area contributed by atoms with Crippen LogP contribution in [0.25, 0.3) is 0 Å². The SMILES string of the molecule is NNC(CC1CCCCCC1)c1ccc(F)c(F)c1F. The summed E-state index contributed by atoms with van der Waals surface area (Å²) in [7, 11) is 0. The number of hydrazine groups is 1. The van der Waals surface area contributed by atoms with Crippen LogP contribution in [0.3, 0.4) is 0 Å². The van der Waals surface area contributed by atoms with E-state index in [-0.39, 0.29) is 5.56 Å². The van der Waals surface area contributed by atoms with Gasteiger partial charge in [0.2, 0.25) is 0 Å². The third-order valence-corrected chi connectivity index (χ3v) is 4.19. The number of benzene rings is 1. The predicted octanol–water partition coefficient (Wildman–Crippen LogP) is 3.97. The van der Waals surface area contributed by atoms with Gasteiger partial charge in [-0.3, -0.25) is 11.3 Å². The van der Waals surface area contributed by atoms with E-state index in [1.807, 2.05) is 0 Å². The van der Waals surface area contributed by atoms with Crippen LogP contribution in [0, 0.1) is 23.4 Å². The summed E-state index contributed by atoms with van der Waals surface area (Å²) in [4.78, 5) is 0. The maximum Gasteiger partial charge on any atom is 0.194 e. The zero-order chi connectivity index (χ0) is 14.5. The maximum atomic E-state index is 13.8. The first-order chi connectivity index (χ1) is 9.63. The van der Waals surface area contributed by atoms with Crippen LogP contribution in [0.1, 0.15) is 56.6 Å². The Kier molecular flexibility index (Phi) is 5.43. The molecule has 0 aromatic heterocycles. The summed E-state index contributed by atoms with van der Waals surface area (Å²) in [5.41, 5.74) is 2.65. The van der Waals surface area contributed by atoms with E-state index in [4.69, 9.17) is 5.84 Å². The zero-order valence-electron chi connectivity index (χ0n) is 11.5. The third kappa shape index (κ3) is 3.52. The highest BCUT2D eigenvalue weighted by molar-refractivity contribution is 5.23. The Labute approximate surface area is 117 Å². The molecule has 1 saturated carbocycles. The van der Waals surface area contributed by atoms with E-state index < -0.39 is 23.5 Å². The second-order valence-corrected chi connectivity index (χ2v) is 5.58. The highest BCUT2D eigenvalue weighted by Crippen LogP contribution is 2.32. The van der Waals surface area contributed by atoms with Gasteiger partial charge in [0.15, 0.2) is 17.5 Å². The molecule has 1 aromatic carbocycles. The molecule has 1 atom stereocenters. The van der Waals surface area contributed by atoms with E-state index in [1.54, 1.807) is 0 Å². The summed E-state index contributed by atoms with van der Waals surface area (Å²) in [6.07, 6.45) is 7.63. The maximum absolute atomic E-state index is 13.8. The van der Waals surface area contributed by atoms with Gasteiger partial charge in [-0.2, -0.15) is 0 Å². The Morgan fingerprint density at radius 2 is 1.70 bits per heavy atom. The van der Waals surface area contributed by atoms with Gasteiger partial charge in [0.05, 0.1) is 0 Å². The normalized spacial score (nSPS) is 18.8. The van der Waals surface area contributed by atoms with Crippen LogP contribution < -0.4 is 11.3 Å². The lowest BCUT2D eigenvalue weighted by Gasteiger charge is -2.23. The van der Waals surface area contributed by atoms with Gasteiger partial charge >= 0.3 is 0 Å². The first-order valence-corrected chi connectivity index (χ1v) is 7.23. The van der Waals surface area contributed by atoms with Crippen LogP contribution in [0.2, 0.25) is 0 Å². The average molecular weight is 286 g/mol. The van der Waals surface area contributed by atoms with Crippen LogP contribution in [0.15, 0.2) is 12.1 Å². The van der Waals surface area contributed by atoms with Crippen molar-refractivity contribution in [2.45, 2.75) is 51.0 Å². The first kappa shape index (κ1) is 15.3. The van der Waals surface area contributed by atoms with Crippen LogP contribution in [-0.4, -0.2) is 0 Å². The molecule has 1 unspecified atom stereocenters. The molecule has 1 aromatic rings. The van der Waals surface area contributed by atoms with Gasteiger partial charge in [-0.15, -0.1) is 0 Å². The molecule has 0 radical (unpaired) electrons. The van der Waals surface area contributed by atoms with E-state index in [0.29, 0.717) is 12.3 Å². The number of halogens is 3. The summed E-state index contributed by atoms with van der Waals surface area (Å²) < 4.78 is 40.1. The molecule has 0 bridgehead atoms. The summed E-state index contributed by atoms with van der Waals surface area (Å²) in [6.45, 7) is 0. The molecule has 1 aliphatic carbocycles. The Hall–Kier alpha value is -1.07. The van der Waals surface area contributed by atoms with Crippen molar-refractivity contribution >= 4 is 0 Å². The van der Waals surface area contributed by atoms with Gasteiger partial charge in [0.25, 0.3) is 0 Å². The van der Waals surface area contributed by atoms with Crippen molar-refractivity contribution in [3.8, 4) is 0 Å². The lowest BCUT2D eigenvalue weighted by Crippen LogP contribution is -2.30. The molecule has 0 saturated heterocycles. The quantitative estimate of drug-likeness (QED) is 0.380. The Bertz CT molecular complexity index is 443. The summed E-state index contributed by atoms with van der Waals surface area (Å²) in [5.74, 6) is 2.20. The van der Waals surface area contributed by atoms with Crippen molar-refractivity contribution in [2.24, 2.45) is 11.8 Å². The standard InChI is InChI=1S/C15H21F3N2/c16-12-8-7-11(14(17)15(12)18)13(20-19)9-10-5-3-1-2-4-6-10/h7-8,10,13,20H,1-6,9,19H2. The average Bonchev–Trinajstić information content (AvgIpc) is 2.71. The molecular formula is C15H21F3N2. The van der Waals surface area contributed by atoms with E-state index >= 15 is 0 Å². The molecule has 2 nitrogen and oxygen atoms in total. The Morgan fingerprint density at radius 1 is 1.05 bits per heavy atom. The van der Waals surface area contributed by atoms with E-state index in [1.165, 1.54) is 31.7 Å². The summed E-state index contributed by atoms with van der Waals surface area (Å²) in [5, 5.41) is 0. The van der Waals surface area contributed by atoms with Gasteiger partial charge in [0.1, 0.15) is 0 Å². The molecule has 2 rings (SSSR count). The lowest BCUT2D eigenvalue weighted by atomic mass is 9.89. The van der Waals surface area contributed by atoms with Crippen molar-refractivity contribution in [3.63, 3.8) is 0 Å². The number of nitrogens with one attached hydrogen (secondary N) is 1. The van der Waals surface area contributed by atoms with Gasteiger partial charge in [-0.1, -0.05) is 44.6 Å². The first-order valence-electron chi connectivity index (χ1n) is 7.23. The lowest BCUT2D eigenvalue weighted by molar-refractivity contribution is 0.346. The molecule has 0 spiro atoms. The number of nitrogens with two attached hydrogens (primary N) is 1. The van der Waals surface area contributed by atoms with Gasteiger partial charge in [-0.05, 0) is 18.4 Å².